The van der Waals surface area contributed by atoms with Crippen molar-refractivity contribution in [3.63, 3.8) is 0 Å². The van der Waals surface area contributed by atoms with E-state index in [0.717, 1.165) is 31.2 Å². The molecule has 5 nitrogen and oxygen atoms in total. The third-order valence-corrected chi connectivity index (χ3v) is 5.32. The topological polar surface area (TPSA) is 72.5 Å². The van der Waals surface area contributed by atoms with E-state index in [-0.39, 0.29) is 29.4 Å². The molecule has 0 spiro atoms. The highest BCUT2D eigenvalue weighted by molar-refractivity contribution is 7.86. The molecule has 1 aromatic rings. The van der Waals surface area contributed by atoms with Crippen LogP contribution in [0.1, 0.15) is 38.2 Å². The van der Waals surface area contributed by atoms with Gasteiger partial charge in [-0.25, -0.2) is 0 Å². The van der Waals surface area contributed by atoms with Gasteiger partial charge in [-0.15, -0.1) is 0 Å². The molecule has 22 heavy (non-hydrogen) atoms. The summed E-state index contributed by atoms with van der Waals surface area (Å²) in [5, 5.41) is 2.91. The second-order valence-corrected chi connectivity index (χ2v) is 7.59. The van der Waals surface area contributed by atoms with Gasteiger partial charge < -0.3 is 5.32 Å². The van der Waals surface area contributed by atoms with Crippen LogP contribution in [0.25, 0.3) is 0 Å². The number of rotatable bonds is 5. The average Bonchev–Trinajstić information content (AvgIpc) is 2.46. The van der Waals surface area contributed by atoms with Crippen molar-refractivity contribution >= 4 is 16.0 Å². The van der Waals surface area contributed by atoms with E-state index in [4.69, 9.17) is 4.18 Å². The number of benzene rings is 1. The summed E-state index contributed by atoms with van der Waals surface area (Å²) in [6.45, 7) is 3.64. The summed E-state index contributed by atoms with van der Waals surface area (Å²) in [6.07, 6.45) is 3.49. The van der Waals surface area contributed by atoms with Crippen molar-refractivity contribution in [1.29, 1.82) is 0 Å². The van der Waals surface area contributed by atoms with Crippen LogP contribution in [0.5, 0.6) is 0 Å². The molecule has 1 aliphatic carbocycles. The first-order valence-corrected chi connectivity index (χ1v) is 9.01. The summed E-state index contributed by atoms with van der Waals surface area (Å²) in [5.74, 6) is 0.215. The van der Waals surface area contributed by atoms with Crippen molar-refractivity contribution in [3.05, 3.63) is 29.8 Å². The molecule has 1 fully saturated rings. The lowest BCUT2D eigenvalue weighted by molar-refractivity contribution is -0.119. The van der Waals surface area contributed by atoms with E-state index in [0.29, 0.717) is 0 Å². The van der Waals surface area contributed by atoms with Crippen molar-refractivity contribution in [3.8, 4) is 0 Å². The third kappa shape index (κ3) is 4.81. The summed E-state index contributed by atoms with van der Waals surface area (Å²) in [4.78, 5) is 11.2. The summed E-state index contributed by atoms with van der Waals surface area (Å²) < 4.78 is 29.4. The van der Waals surface area contributed by atoms with Crippen LogP contribution in [0, 0.1) is 12.8 Å². The number of carbonyl (C=O) groups is 1. The molecule has 1 amide bonds. The Morgan fingerprint density at radius 3 is 2.32 bits per heavy atom. The Kier molecular flexibility index (Phi) is 5.58. The molecule has 1 N–H and O–H groups in total. The van der Waals surface area contributed by atoms with Gasteiger partial charge in [0.05, 0.1) is 11.5 Å². The minimum atomic E-state index is -3.68. The lowest BCUT2D eigenvalue weighted by Gasteiger charge is -2.28. The maximum atomic E-state index is 12.1. The second kappa shape index (κ2) is 7.24. The van der Waals surface area contributed by atoms with Gasteiger partial charge in [0.1, 0.15) is 0 Å². The van der Waals surface area contributed by atoms with E-state index in [1.165, 1.54) is 6.92 Å². The van der Waals surface area contributed by atoms with E-state index in [1.807, 2.05) is 6.92 Å². The third-order valence-electron chi connectivity index (χ3n) is 4.02. The van der Waals surface area contributed by atoms with Crippen LogP contribution in [0.15, 0.2) is 29.2 Å². The monoisotopic (exact) mass is 325 g/mol. The number of aryl methyl sites for hydroxylation is 1. The molecule has 6 heteroatoms. The van der Waals surface area contributed by atoms with E-state index in [9.17, 15) is 13.2 Å². The maximum Gasteiger partial charge on any atom is 0.296 e. The smallest absolute Gasteiger partial charge is 0.296 e. The first-order valence-electron chi connectivity index (χ1n) is 7.60. The molecule has 0 unspecified atom stereocenters. The lowest BCUT2D eigenvalue weighted by Crippen LogP contribution is -2.36. The quantitative estimate of drug-likeness (QED) is 0.844. The zero-order valence-electron chi connectivity index (χ0n) is 13.0. The first-order chi connectivity index (χ1) is 10.4. The van der Waals surface area contributed by atoms with Crippen LogP contribution in [0.3, 0.4) is 0 Å². The van der Waals surface area contributed by atoms with Gasteiger partial charge in [-0.3, -0.25) is 8.98 Å². The standard InChI is InChI=1S/C16H23NO4S/c1-12-3-9-16(10-4-12)22(19,20)21-11-14-5-7-15(8-6-14)17-13(2)18/h3-4,9-10,14-15H,5-8,11H2,1-2H3,(H,17,18)/t14-,15-. The molecule has 2 rings (SSSR count). The van der Waals surface area contributed by atoms with Gasteiger partial charge in [0.2, 0.25) is 5.91 Å². The summed E-state index contributed by atoms with van der Waals surface area (Å²) in [6, 6.07) is 6.86. The highest BCUT2D eigenvalue weighted by atomic mass is 32.2. The molecule has 0 radical (unpaired) electrons. The number of hydrogen-bond acceptors (Lipinski definition) is 4. The minimum absolute atomic E-state index is 0.0124. The summed E-state index contributed by atoms with van der Waals surface area (Å²) >= 11 is 0. The molecule has 1 saturated carbocycles. The number of hydrogen-bond donors (Lipinski definition) is 1. The zero-order chi connectivity index (χ0) is 16.2. The Hall–Kier alpha value is -1.40. The maximum absolute atomic E-state index is 12.1. The Morgan fingerprint density at radius 2 is 1.77 bits per heavy atom. The Morgan fingerprint density at radius 1 is 1.18 bits per heavy atom. The van der Waals surface area contributed by atoms with Gasteiger partial charge >= 0.3 is 0 Å². The van der Waals surface area contributed by atoms with E-state index >= 15 is 0 Å². The van der Waals surface area contributed by atoms with Gasteiger partial charge in [0.25, 0.3) is 10.1 Å². The van der Waals surface area contributed by atoms with Crippen LogP contribution in [0.4, 0.5) is 0 Å². The minimum Gasteiger partial charge on any atom is -0.354 e. The van der Waals surface area contributed by atoms with E-state index in [1.54, 1.807) is 24.3 Å². The van der Waals surface area contributed by atoms with Gasteiger partial charge in [-0.05, 0) is 50.7 Å². The van der Waals surface area contributed by atoms with Gasteiger partial charge in [0, 0.05) is 13.0 Å². The Labute approximate surface area is 132 Å². The molecule has 1 aromatic carbocycles. The Balaban J connectivity index is 1.83. The van der Waals surface area contributed by atoms with E-state index in [2.05, 4.69) is 5.32 Å². The molecular formula is C16H23NO4S. The molecule has 1 aliphatic rings. The number of amides is 1. The van der Waals surface area contributed by atoms with Crippen molar-refractivity contribution < 1.29 is 17.4 Å². The van der Waals surface area contributed by atoms with Crippen molar-refractivity contribution in [1.82, 2.24) is 5.32 Å². The van der Waals surface area contributed by atoms with Gasteiger partial charge in [0.15, 0.2) is 0 Å². The van der Waals surface area contributed by atoms with Crippen molar-refractivity contribution in [2.24, 2.45) is 5.92 Å². The first kappa shape index (κ1) is 17.0. The second-order valence-electron chi connectivity index (χ2n) is 5.97. The fourth-order valence-electron chi connectivity index (χ4n) is 2.72. The fourth-order valence-corrected chi connectivity index (χ4v) is 3.70. The summed E-state index contributed by atoms with van der Waals surface area (Å²) in [5.41, 5.74) is 1.01. The molecule has 0 aliphatic heterocycles. The van der Waals surface area contributed by atoms with Crippen LogP contribution in [-0.2, 0) is 19.1 Å². The molecule has 0 aromatic heterocycles. The molecule has 0 atom stereocenters. The van der Waals surface area contributed by atoms with E-state index < -0.39 is 10.1 Å². The average molecular weight is 325 g/mol. The van der Waals surface area contributed by atoms with Crippen molar-refractivity contribution in [2.45, 2.75) is 50.5 Å². The largest absolute Gasteiger partial charge is 0.354 e. The molecule has 0 heterocycles. The lowest BCUT2D eigenvalue weighted by atomic mass is 9.86. The van der Waals surface area contributed by atoms with Gasteiger partial charge in [-0.1, -0.05) is 17.7 Å². The van der Waals surface area contributed by atoms with Gasteiger partial charge in [-0.2, -0.15) is 8.42 Å². The van der Waals surface area contributed by atoms with Crippen LogP contribution in [-0.4, -0.2) is 27.0 Å². The molecule has 122 valence electrons. The number of nitrogens with one attached hydrogen (secondary N) is 1. The van der Waals surface area contributed by atoms with Crippen LogP contribution < -0.4 is 5.32 Å². The normalized spacial score (nSPS) is 22.3. The van der Waals surface area contributed by atoms with Crippen LogP contribution in [0.2, 0.25) is 0 Å². The predicted molar refractivity (Wildman–Crippen MR) is 83.9 cm³/mol. The van der Waals surface area contributed by atoms with Crippen molar-refractivity contribution in [2.75, 3.05) is 6.61 Å². The highest BCUT2D eigenvalue weighted by Crippen LogP contribution is 2.26. The molecule has 0 saturated heterocycles. The SMILES string of the molecule is CC(=O)N[C@H]1CC[C@H](COS(=O)(=O)c2ccc(C)cc2)CC1. The Bertz CT molecular complexity index is 602. The molecular weight excluding hydrogens is 302 g/mol. The fraction of sp³-hybridized carbons (Fsp3) is 0.562. The highest BCUT2D eigenvalue weighted by Gasteiger charge is 2.24. The zero-order valence-corrected chi connectivity index (χ0v) is 13.9. The van der Waals surface area contributed by atoms with Crippen LogP contribution >= 0.6 is 0 Å². The molecule has 0 bridgehead atoms. The predicted octanol–water partition coefficient (Wildman–Crippen LogP) is 2.40. The summed E-state index contributed by atoms with van der Waals surface area (Å²) in [7, 11) is -3.68. The number of carbonyl (C=O) groups excluding carboxylic acids is 1.